The summed E-state index contributed by atoms with van der Waals surface area (Å²) in [5.41, 5.74) is 13.7. The zero-order valence-electron chi connectivity index (χ0n) is 20.1. The fourth-order valence-corrected chi connectivity index (χ4v) is 5.67. The maximum absolute atomic E-state index is 13.3. The third-order valence-electron chi connectivity index (χ3n) is 6.03. The van der Waals surface area contributed by atoms with Crippen LogP contribution in [0.15, 0.2) is 77.3 Å². The largest absolute Gasteiger partial charge is 0.497 e. The third kappa shape index (κ3) is 4.59. The van der Waals surface area contributed by atoms with Crippen LogP contribution < -0.4 is 15.8 Å². The average Bonchev–Trinajstić information content (AvgIpc) is 3.22. The molecule has 0 aliphatic rings. The number of aryl methyl sites for hydroxylation is 2. The fourth-order valence-electron chi connectivity index (χ4n) is 4.06. The molecule has 0 unspecified atom stereocenters. The number of thiophene rings is 1. The van der Waals surface area contributed by atoms with Crippen molar-refractivity contribution in [1.82, 2.24) is 4.98 Å². The summed E-state index contributed by atoms with van der Waals surface area (Å²) >= 11 is 4.83. The van der Waals surface area contributed by atoms with Gasteiger partial charge in [0.25, 0.3) is 5.91 Å². The Kier molecular flexibility index (Phi) is 6.51. The molecule has 36 heavy (non-hydrogen) atoms. The minimum Gasteiger partial charge on any atom is -0.497 e. The quantitative estimate of drug-likeness (QED) is 0.230. The lowest BCUT2D eigenvalue weighted by atomic mass is 9.99. The Labute approximate surface area is 222 Å². The Bertz CT molecular complexity index is 1590. The number of pyridine rings is 1. The minimum atomic E-state index is -0.266. The molecule has 180 valence electrons. The summed E-state index contributed by atoms with van der Waals surface area (Å²) in [6.07, 6.45) is 0. The Morgan fingerprint density at radius 3 is 2.28 bits per heavy atom. The molecule has 2 aromatic heterocycles. The number of nitrogens with zero attached hydrogens (tertiary/aromatic N) is 1. The second-order valence-corrected chi connectivity index (χ2v) is 10.5. The van der Waals surface area contributed by atoms with Crippen molar-refractivity contribution in [3.8, 4) is 28.1 Å². The first-order valence-corrected chi connectivity index (χ1v) is 13.0. The molecule has 5 aromatic rings. The molecule has 0 radical (unpaired) electrons. The van der Waals surface area contributed by atoms with Crippen LogP contribution in [0.4, 0.5) is 11.4 Å². The molecule has 2 heterocycles. The van der Waals surface area contributed by atoms with Crippen LogP contribution in [-0.4, -0.2) is 18.0 Å². The molecule has 3 N–H and O–H groups in total. The van der Waals surface area contributed by atoms with E-state index >= 15 is 0 Å². The second kappa shape index (κ2) is 9.76. The van der Waals surface area contributed by atoms with E-state index in [0.717, 1.165) is 43.6 Å². The van der Waals surface area contributed by atoms with Gasteiger partial charge in [-0.05, 0) is 76.8 Å². The number of hydrogen-bond acceptors (Lipinski definition) is 5. The summed E-state index contributed by atoms with van der Waals surface area (Å²) in [6.45, 7) is 4.05. The summed E-state index contributed by atoms with van der Waals surface area (Å²) < 4.78 is 6.15. The highest BCUT2D eigenvalue weighted by Gasteiger charge is 2.22. The van der Waals surface area contributed by atoms with Gasteiger partial charge in [-0.2, -0.15) is 0 Å². The highest BCUT2D eigenvalue weighted by atomic mass is 79.9. The number of carbonyl (C=O) groups excluding carboxylic acids is 1. The van der Waals surface area contributed by atoms with E-state index < -0.39 is 0 Å². The van der Waals surface area contributed by atoms with Crippen LogP contribution >= 0.6 is 27.3 Å². The number of amides is 1. The van der Waals surface area contributed by atoms with E-state index in [4.69, 9.17) is 15.5 Å². The number of carbonyl (C=O) groups is 1. The zero-order valence-corrected chi connectivity index (χ0v) is 22.5. The molecule has 0 spiro atoms. The van der Waals surface area contributed by atoms with Gasteiger partial charge in [-0.25, -0.2) is 4.98 Å². The molecule has 0 bridgehead atoms. The van der Waals surface area contributed by atoms with Crippen LogP contribution in [0.25, 0.3) is 32.6 Å². The average molecular weight is 559 g/mol. The van der Waals surface area contributed by atoms with Gasteiger partial charge in [0.2, 0.25) is 0 Å². The molecule has 5 rings (SSSR count). The molecule has 0 fully saturated rings. The number of nitrogen functional groups attached to an aromatic ring is 1. The summed E-state index contributed by atoms with van der Waals surface area (Å²) in [5, 5.41) is 3.75. The minimum absolute atomic E-state index is 0.266. The van der Waals surface area contributed by atoms with E-state index in [-0.39, 0.29) is 5.91 Å². The molecule has 0 saturated carbocycles. The normalized spacial score (nSPS) is 11.0. The summed E-state index contributed by atoms with van der Waals surface area (Å²) in [5.74, 6) is 0.502. The van der Waals surface area contributed by atoms with E-state index in [2.05, 4.69) is 52.4 Å². The standard InChI is InChI=1S/C29H24BrN3O2S/c1-16-4-7-19(8-5-16)24-15-21(18-9-11-20(35-3)12-10-18)25-26(31)27(36-29(25)33-24)28(34)32-23-13-6-17(2)14-22(23)30/h4-15H,31H2,1-3H3,(H,32,34). The number of nitrogens with one attached hydrogen (secondary N) is 1. The molecule has 1 amide bonds. The lowest BCUT2D eigenvalue weighted by Gasteiger charge is -2.10. The fraction of sp³-hybridized carbons (Fsp3) is 0.103. The Morgan fingerprint density at radius 1 is 0.944 bits per heavy atom. The van der Waals surface area contributed by atoms with Crippen LogP contribution in [0.2, 0.25) is 0 Å². The highest BCUT2D eigenvalue weighted by molar-refractivity contribution is 9.10. The van der Waals surface area contributed by atoms with E-state index in [9.17, 15) is 4.79 Å². The Hall–Kier alpha value is -3.68. The van der Waals surface area contributed by atoms with Crippen molar-refractivity contribution in [2.24, 2.45) is 0 Å². The molecule has 0 aliphatic heterocycles. The van der Waals surface area contributed by atoms with Gasteiger partial charge in [-0.15, -0.1) is 11.3 Å². The van der Waals surface area contributed by atoms with Crippen LogP contribution in [0.5, 0.6) is 5.75 Å². The zero-order chi connectivity index (χ0) is 25.4. The van der Waals surface area contributed by atoms with Crippen molar-refractivity contribution in [2.75, 3.05) is 18.2 Å². The SMILES string of the molecule is COc1ccc(-c2cc(-c3ccc(C)cc3)nc3sc(C(=O)Nc4ccc(C)cc4Br)c(N)c23)cc1. The van der Waals surface area contributed by atoms with Gasteiger partial charge in [-0.3, -0.25) is 4.79 Å². The maximum Gasteiger partial charge on any atom is 0.267 e. The highest BCUT2D eigenvalue weighted by Crippen LogP contribution is 2.42. The molecular formula is C29H24BrN3O2S. The second-order valence-electron chi connectivity index (χ2n) is 8.61. The van der Waals surface area contributed by atoms with Crippen molar-refractivity contribution in [2.45, 2.75) is 13.8 Å². The first-order chi connectivity index (χ1) is 17.3. The van der Waals surface area contributed by atoms with Gasteiger partial charge in [0, 0.05) is 15.4 Å². The number of nitrogens with two attached hydrogens (primary N) is 1. The number of aromatic nitrogens is 1. The number of benzene rings is 3. The molecule has 0 aliphatic carbocycles. The van der Waals surface area contributed by atoms with Gasteiger partial charge in [0.05, 0.1) is 24.2 Å². The molecule has 7 heteroatoms. The number of fused-ring (bicyclic) bond motifs is 1. The van der Waals surface area contributed by atoms with Gasteiger partial charge in [0.1, 0.15) is 15.5 Å². The smallest absolute Gasteiger partial charge is 0.267 e. The van der Waals surface area contributed by atoms with Crippen LogP contribution in [0.3, 0.4) is 0 Å². The molecular weight excluding hydrogens is 534 g/mol. The van der Waals surface area contributed by atoms with Crippen molar-refractivity contribution >= 4 is 54.8 Å². The Morgan fingerprint density at radius 2 is 1.61 bits per heavy atom. The lowest BCUT2D eigenvalue weighted by molar-refractivity contribution is 0.103. The van der Waals surface area contributed by atoms with Gasteiger partial charge < -0.3 is 15.8 Å². The van der Waals surface area contributed by atoms with Crippen molar-refractivity contribution < 1.29 is 9.53 Å². The first-order valence-electron chi connectivity index (χ1n) is 11.4. The number of rotatable bonds is 5. The maximum atomic E-state index is 13.3. The van der Waals surface area contributed by atoms with E-state index in [1.807, 2.05) is 55.5 Å². The van der Waals surface area contributed by atoms with Gasteiger partial charge in [0.15, 0.2) is 0 Å². The van der Waals surface area contributed by atoms with Gasteiger partial charge >= 0.3 is 0 Å². The number of hydrogen-bond donors (Lipinski definition) is 2. The van der Waals surface area contributed by atoms with Crippen molar-refractivity contribution in [3.05, 3.63) is 93.3 Å². The summed E-state index contributed by atoms with van der Waals surface area (Å²) in [6, 6.07) is 23.9. The number of halogens is 1. The number of ether oxygens (including phenoxy) is 1. The van der Waals surface area contributed by atoms with E-state index in [1.165, 1.54) is 16.9 Å². The predicted molar refractivity (Wildman–Crippen MR) is 153 cm³/mol. The topological polar surface area (TPSA) is 77.2 Å². The van der Waals surface area contributed by atoms with Crippen LogP contribution in [-0.2, 0) is 0 Å². The Balaban J connectivity index is 1.66. The molecule has 0 saturated heterocycles. The lowest BCUT2D eigenvalue weighted by Crippen LogP contribution is -2.12. The number of methoxy groups -OCH3 is 1. The van der Waals surface area contributed by atoms with Crippen molar-refractivity contribution in [3.63, 3.8) is 0 Å². The van der Waals surface area contributed by atoms with Crippen LogP contribution in [0, 0.1) is 13.8 Å². The molecule has 5 nitrogen and oxygen atoms in total. The van der Waals surface area contributed by atoms with E-state index in [0.29, 0.717) is 21.1 Å². The number of anilines is 2. The molecule has 0 atom stereocenters. The monoisotopic (exact) mass is 557 g/mol. The van der Waals surface area contributed by atoms with Crippen molar-refractivity contribution in [1.29, 1.82) is 0 Å². The first kappa shape index (κ1) is 24.0. The van der Waals surface area contributed by atoms with Crippen LogP contribution in [0.1, 0.15) is 20.8 Å². The van der Waals surface area contributed by atoms with E-state index in [1.54, 1.807) is 7.11 Å². The summed E-state index contributed by atoms with van der Waals surface area (Å²) in [7, 11) is 1.64. The van der Waals surface area contributed by atoms with Gasteiger partial charge in [-0.1, -0.05) is 48.0 Å². The third-order valence-corrected chi connectivity index (χ3v) is 7.78. The molecule has 3 aromatic carbocycles. The predicted octanol–water partition coefficient (Wildman–Crippen LogP) is 7.85. The summed E-state index contributed by atoms with van der Waals surface area (Å²) in [4.78, 5) is 19.4.